The summed E-state index contributed by atoms with van der Waals surface area (Å²) in [7, 11) is 0. The second-order valence-corrected chi connectivity index (χ2v) is 6.83. The summed E-state index contributed by atoms with van der Waals surface area (Å²) < 4.78 is 5.75. The average molecular weight is 362 g/mol. The van der Waals surface area contributed by atoms with Crippen molar-refractivity contribution in [1.29, 1.82) is 0 Å². The molecule has 138 valence electrons. The van der Waals surface area contributed by atoms with E-state index in [4.69, 9.17) is 4.74 Å². The van der Waals surface area contributed by atoms with Crippen LogP contribution < -0.4 is 0 Å². The van der Waals surface area contributed by atoms with Gasteiger partial charge in [-0.3, -0.25) is 4.79 Å². The number of ether oxygens (including phenoxy) is 1. The molecule has 1 N–H and O–H groups in total. The first-order valence-electron chi connectivity index (χ1n) is 9.35. The van der Waals surface area contributed by atoms with E-state index in [2.05, 4.69) is 4.98 Å². The number of carbonyl (C=O) groups excluding carboxylic acids is 2. The maximum atomic E-state index is 13.1. The van der Waals surface area contributed by atoms with Crippen LogP contribution in [0.1, 0.15) is 41.3 Å². The maximum absolute atomic E-state index is 13.1. The van der Waals surface area contributed by atoms with Gasteiger partial charge in [-0.1, -0.05) is 48.5 Å². The fourth-order valence-corrected chi connectivity index (χ4v) is 3.58. The van der Waals surface area contributed by atoms with Gasteiger partial charge >= 0.3 is 5.97 Å². The molecule has 1 atom stereocenters. The third-order valence-corrected chi connectivity index (χ3v) is 5.03. The first-order valence-corrected chi connectivity index (χ1v) is 9.35. The van der Waals surface area contributed by atoms with E-state index in [-0.39, 0.29) is 5.91 Å². The second kappa shape index (κ2) is 7.66. The largest absolute Gasteiger partial charge is 0.444 e. The normalized spacial score (nSPS) is 15.5. The number of fused-ring (bicyclic) bond motifs is 1. The summed E-state index contributed by atoms with van der Waals surface area (Å²) in [6.45, 7) is 1.43. The summed E-state index contributed by atoms with van der Waals surface area (Å²) in [5.74, 6) is -0.638. The number of esters is 1. The minimum atomic E-state index is -0.925. The van der Waals surface area contributed by atoms with Crippen LogP contribution in [0.25, 0.3) is 10.9 Å². The standard InChI is InChI=1S/C22H22N2O3/c25-21(24-13-7-2-8-14-24)20(16-9-3-1-4-10-16)27-22(26)18-15-23-19-12-6-5-11-17(18)19/h1,3-6,9-12,15,20,23H,2,7-8,13-14H2/t20-/m1/s1. The van der Waals surface area contributed by atoms with Crippen LogP contribution in [0.3, 0.4) is 0 Å². The number of piperidine rings is 1. The highest BCUT2D eigenvalue weighted by molar-refractivity contribution is 6.04. The van der Waals surface area contributed by atoms with Crippen LogP contribution in [0.5, 0.6) is 0 Å². The maximum Gasteiger partial charge on any atom is 0.341 e. The molecule has 1 aliphatic rings. The number of aromatic nitrogens is 1. The molecule has 0 spiro atoms. The topological polar surface area (TPSA) is 62.4 Å². The van der Waals surface area contributed by atoms with E-state index in [1.54, 1.807) is 6.20 Å². The van der Waals surface area contributed by atoms with Crippen molar-refractivity contribution in [2.24, 2.45) is 0 Å². The smallest absolute Gasteiger partial charge is 0.341 e. The number of hydrogen-bond donors (Lipinski definition) is 1. The molecule has 1 fully saturated rings. The molecule has 1 aliphatic heterocycles. The van der Waals surface area contributed by atoms with Crippen molar-refractivity contribution in [3.05, 3.63) is 71.9 Å². The van der Waals surface area contributed by atoms with Crippen LogP contribution in [0.15, 0.2) is 60.8 Å². The van der Waals surface area contributed by atoms with Gasteiger partial charge in [0.1, 0.15) is 0 Å². The molecule has 2 heterocycles. The van der Waals surface area contributed by atoms with Gasteiger partial charge in [-0.25, -0.2) is 4.79 Å². The van der Waals surface area contributed by atoms with Crippen LogP contribution in [0.2, 0.25) is 0 Å². The number of nitrogens with one attached hydrogen (secondary N) is 1. The summed E-state index contributed by atoms with van der Waals surface area (Å²) in [6.07, 6.45) is 3.83. The Morgan fingerprint density at radius 2 is 1.63 bits per heavy atom. The number of likely N-dealkylation sites (tertiary alicyclic amines) is 1. The molecule has 0 bridgehead atoms. The Morgan fingerprint density at radius 1 is 0.926 bits per heavy atom. The third kappa shape index (κ3) is 3.58. The lowest BCUT2D eigenvalue weighted by atomic mass is 10.1. The lowest BCUT2D eigenvalue weighted by Crippen LogP contribution is -2.40. The first kappa shape index (κ1) is 17.3. The minimum Gasteiger partial charge on any atom is -0.444 e. The van der Waals surface area contributed by atoms with Crippen molar-refractivity contribution >= 4 is 22.8 Å². The zero-order valence-electron chi connectivity index (χ0n) is 15.1. The highest BCUT2D eigenvalue weighted by Crippen LogP contribution is 2.26. The minimum absolute atomic E-state index is 0.144. The van der Waals surface area contributed by atoms with E-state index in [0.717, 1.165) is 30.2 Å². The summed E-state index contributed by atoms with van der Waals surface area (Å²) in [5.41, 5.74) is 2.00. The van der Waals surface area contributed by atoms with Crippen molar-refractivity contribution in [3.63, 3.8) is 0 Å². The van der Waals surface area contributed by atoms with Gasteiger partial charge in [-0.15, -0.1) is 0 Å². The average Bonchev–Trinajstić information content (AvgIpc) is 3.17. The Kier molecular flexibility index (Phi) is 4.92. The number of nitrogens with zero attached hydrogens (tertiary/aromatic N) is 1. The summed E-state index contributed by atoms with van der Waals surface area (Å²) in [4.78, 5) is 30.9. The van der Waals surface area contributed by atoms with Crippen molar-refractivity contribution in [2.45, 2.75) is 25.4 Å². The number of amides is 1. The lowest BCUT2D eigenvalue weighted by Gasteiger charge is -2.30. The van der Waals surface area contributed by atoms with Gasteiger partial charge in [0.05, 0.1) is 5.56 Å². The molecule has 5 nitrogen and oxygen atoms in total. The number of rotatable bonds is 4. The van der Waals surface area contributed by atoms with Crippen molar-refractivity contribution in [1.82, 2.24) is 9.88 Å². The summed E-state index contributed by atoms with van der Waals surface area (Å²) in [5, 5.41) is 0.791. The summed E-state index contributed by atoms with van der Waals surface area (Å²) >= 11 is 0. The Morgan fingerprint density at radius 3 is 2.41 bits per heavy atom. The zero-order chi connectivity index (χ0) is 18.6. The first-order chi connectivity index (χ1) is 13.2. The Bertz CT molecular complexity index is 942. The van der Waals surface area contributed by atoms with E-state index in [9.17, 15) is 9.59 Å². The van der Waals surface area contributed by atoms with Gasteiger partial charge in [0.2, 0.25) is 6.10 Å². The molecule has 27 heavy (non-hydrogen) atoms. The quantitative estimate of drug-likeness (QED) is 0.712. The van der Waals surface area contributed by atoms with Crippen LogP contribution in [0.4, 0.5) is 0 Å². The van der Waals surface area contributed by atoms with E-state index < -0.39 is 12.1 Å². The van der Waals surface area contributed by atoms with Gasteiger partial charge in [0.15, 0.2) is 0 Å². The summed E-state index contributed by atoms with van der Waals surface area (Å²) in [6, 6.07) is 16.8. The number of H-pyrrole nitrogens is 1. The lowest BCUT2D eigenvalue weighted by molar-refractivity contribution is -0.142. The van der Waals surface area contributed by atoms with Crippen LogP contribution in [-0.4, -0.2) is 34.8 Å². The second-order valence-electron chi connectivity index (χ2n) is 6.83. The Hall–Kier alpha value is -3.08. The van der Waals surface area contributed by atoms with E-state index in [1.165, 1.54) is 0 Å². The molecule has 0 aliphatic carbocycles. The number of hydrogen-bond acceptors (Lipinski definition) is 3. The predicted molar refractivity (Wildman–Crippen MR) is 103 cm³/mol. The van der Waals surface area contributed by atoms with E-state index in [1.807, 2.05) is 59.5 Å². The van der Waals surface area contributed by atoms with Crippen LogP contribution in [0, 0.1) is 0 Å². The predicted octanol–water partition coefficient (Wildman–Crippen LogP) is 4.08. The molecule has 0 radical (unpaired) electrons. The number of para-hydroxylation sites is 1. The van der Waals surface area contributed by atoms with Crippen LogP contribution in [-0.2, 0) is 9.53 Å². The molecular formula is C22H22N2O3. The molecule has 2 aromatic carbocycles. The van der Waals surface area contributed by atoms with E-state index in [0.29, 0.717) is 24.2 Å². The molecule has 5 heteroatoms. The molecule has 1 aromatic heterocycles. The van der Waals surface area contributed by atoms with Gasteiger partial charge in [0.25, 0.3) is 5.91 Å². The number of carbonyl (C=O) groups is 2. The highest BCUT2D eigenvalue weighted by atomic mass is 16.5. The molecule has 4 rings (SSSR count). The van der Waals surface area contributed by atoms with Crippen molar-refractivity contribution in [3.8, 4) is 0 Å². The molecular weight excluding hydrogens is 340 g/mol. The van der Waals surface area contributed by atoms with Crippen molar-refractivity contribution in [2.75, 3.05) is 13.1 Å². The fourth-order valence-electron chi connectivity index (χ4n) is 3.58. The molecule has 3 aromatic rings. The van der Waals surface area contributed by atoms with Crippen molar-refractivity contribution < 1.29 is 14.3 Å². The van der Waals surface area contributed by atoms with Gasteiger partial charge in [-0.05, 0) is 25.3 Å². The SMILES string of the molecule is O=C(O[C@@H](C(=O)N1CCCCC1)c1ccccc1)c1c[nH]c2ccccc12. The molecule has 0 unspecified atom stereocenters. The molecule has 0 saturated carbocycles. The van der Waals surface area contributed by atoms with E-state index >= 15 is 0 Å². The van der Waals surface area contributed by atoms with Crippen LogP contribution >= 0.6 is 0 Å². The van der Waals surface area contributed by atoms with Gasteiger partial charge < -0.3 is 14.6 Å². The number of benzene rings is 2. The Balaban J connectivity index is 1.62. The van der Waals surface area contributed by atoms with Gasteiger partial charge in [-0.2, -0.15) is 0 Å². The highest BCUT2D eigenvalue weighted by Gasteiger charge is 2.31. The monoisotopic (exact) mass is 362 g/mol. The fraction of sp³-hybridized carbons (Fsp3) is 0.273. The number of aromatic amines is 1. The molecule has 1 saturated heterocycles. The Labute approximate surface area is 157 Å². The zero-order valence-corrected chi connectivity index (χ0v) is 15.1. The van der Waals surface area contributed by atoms with Gasteiger partial charge in [0, 0.05) is 35.8 Å². The molecule has 1 amide bonds. The third-order valence-electron chi connectivity index (χ3n) is 5.03.